The molecule has 1 rings (SSSR count). The van der Waals surface area contributed by atoms with Crippen molar-refractivity contribution in [2.45, 2.75) is 13.8 Å². The summed E-state index contributed by atoms with van der Waals surface area (Å²) in [4.78, 5) is 6.32. The molecule has 1 aromatic heterocycles. The van der Waals surface area contributed by atoms with Crippen LogP contribution in [0.4, 0.5) is 5.82 Å². The number of pyridine rings is 1. The Kier molecular flexibility index (Phi) is 4.74. The molecule has 0 spiro atoms. The lowest BCUT2D eigenvalue weighted by molar-refractivity contribution is 0.314. The van der Waals surface area contributed by atoms with Gasteiger partial charge in [0.25, 0.3) is 0 Å². The SMILES string of the molecule is Cc1cnc(N(C)CC(C)C(N)=NO)c(Br)c1. The average Bonchev–Trinajstić information content (AvgIpc) is 2.27. The molecule has 17 heavy (non-hydrogen) atoms. The molecular weight excluding hydrogens is 284 g/mol. The first kappa shape index (κ1) is 13.8. The molecule has 6 heteroatoms. The molecule has 0 amide bonds. The van der Waals surface area contributed by atoms with E-state index in [1.807, 2.05) is 38.1 Å². The lowest BCUT2D eigenvalue weighted by atomic mass is 10.1. The van der Waals surface area contributed by atoms with Gasteiger partial charge in [-0.1, -0.05) is 12.1 Å². The normalized spacial score (nSPS) is 13.5. The fourth-order valence-electron chi connectivity index (χ4n) is 1.50. The smallest absolute Gasteiger partial charge is 0.143 e. The zero-order chi connectivity index (χ0) is 13.0. The summed E-state index contributed by atoms with van der Waals surface area (Å²) in [6.45, 7) is 4.51. The van der Waals surface area contributed by atoms with Gasteiger partial charge in [-0.05, 0) is 34.5 Å². The maximum atomic E-state index is 8.60. The molecule has 1 aromatic rings. The number of oxime groups is 1. The Morgan fingerprint density at radius 3 is 2.88 bits per heavy atom. The van der Waals surface area contributed by atoms with Crippen molar-refractivity contribution >= 4 is 27.6 Å². The summed E-state index contributed by atoms with van der Waals surface area (Å²) in [5.74, 6) is 1.02. The van der Waals surface area contributed by atoms with Gasteiger partial charge < -0.3 is 15.8 Å². The first-order valence-electron chi connectivity index (χ1n) is 5.26. The van der Waals surface area contributed by atoms with Crippen LogP contribution in [0.3, 0.4) is 0 Å². The number of amidine groups is 1. The number of hydrogen-bond donors (Lipinski definition) is 2. The monoisotopic (exact) mass is 300 g/mol. The molecule has 3 N–H and O–H groups in total. The van der Waals surface area contributed by atoms with Crippen LogP contribution in [0.5, 0.6) is 0 Å². The molecule has 0 aromatic carbocycles. The molecule has 1 atom stereocenters. The standard InChI is InChI=1S/C11H17BrN4O/c1-7-4-9(12)11(14-5-7)16(3)6-8(2)10(13)15-17/h4-5,8,17H,6H2,1-3H3,(H2,13,15). The fourth-order valence-corrected chi connectivity index (χ4v) is 2.26. The van der Waals surface area contributed by atoms with Gasteiger partial charge in [-0.3, -0.25) is 0 Å². The summed E-state index contributed by atoms with van der Waals surface area (Å²) in [6, 6.07) is 2.01. The van der Waals surface area contributed by atoms with E-state index in [1.54, 1.807) is 0 Å². The summed E-state index contributed by atoms with van der Waals surface area (Å²) >= 11 is 3.48. The van der Waals surface area contributed by atoms with E-state index in [4.69, 9.17) is 10.9 Å². The zero-order valence-electron chi connectivity index (χ0n) is 10.2. The van der Waals surface area contributed by atoms with Crippen LogP contribution in [-0.4, -0.2) is 29.6 Å². The summed E-state index contributed by atoms with van der Waals surface area (Å²) in [7, 11) is 1.92. The highest BCUT2D eigenvalue weighted by Crippen LogP contribution is 2.24. The van der Waals surface area contributed by atoms with E-state index in [0.717, 1.165) is 15.9 Å². The van der Waals surface area contributed by atoms with Crippen molar-refractivity contribution in [1.82, 2.24) is 4.98 Å². The van der Waals surface area contributed by atoms with Crippen LogP contribution >= 0.6 is 15.9 Å². The molecule has 0 saturated carbocycles. The topological polar surface area (TPSA) is 74.7 Å². The molecule has 1 heterocycles. The van der Waals surface area contributed by atoms with Gasteiger partial charge in [0.05, 0.1) is 4.47 Å². The molecule has 5 nitrogen and oxygen atoms in total. The van der Waals surface area contributed by atoms with Crippen LogP contribution in [0.25, 0.3) is 0 Å². The quantitative estimate of drug-likeness (QED) is 0.386. The Labute approximate surface area is 109 Å². The molecule has 0 aliphatic rings. The van der Waals surface area contributed by atoms with Crippen molar-refractivity contribution in [3.63, 3.8) is 0 Å². The second kappa shape index (κ2) is 5.86. The van der Waals surface area contributed by atoms with Crippen molar-refractivity contribution in [3.05, 3.63) is 22.3 Å². The van der Waals surface area contributed by atoms with Gasteiger partial charge >= 0.3 is 0 Å². The van der Waals surface area contributed by atoms with E-state index < -0.39 is 0 Å². The minimum absolute atomic E-state index is 0.0417. The van der Waals surface area contributed by atoms with Crippen molar-refractivity contribution in [2.24, 2.45) is 16.8 Å². The Bertz CT molecular complexity index is 422. The van der Waals surface area contributed by atoms with E-state index in [1.165, 1.54) is 0 Å². The van der Waals surface area contributed by atoms with Crippen LogP contribution in [0, 0.1) is 12.8 Å². The third kappa shape index (κ3) is 3.59. The Hall–Kier alpha value is -1.30. The van der Waals surface area contributed by atoms with Gasteiger partial charge in [-0.15, -0.1) is 0 Å². The van der Waals surface area contributed by atoms with Crippen LogP contribution in [0.2, 0.25) is 0 Å². The lowest BCUT2D eigenvalue weighted by Gasteiger charge is -2.22. The number of nitrogens with two attached hydrogens (primary N) is 1. The minimum atomic E-state index is -0.0417. The van der Waals surface area contributed by atoms with Crippen molar-refractivity contribution in [1.29, 1.82) is 0 Å². The first-order valence-corrected chi connectivity index (χ1v) is 6.05. The van der Waals surface area contributed by atoms with Crippen LogP contribution in [-0.2, 0) is 0 Å². The first-order chi connectivity index (χ1) is 7.95. The molecule has 1 unspecified atom stereocenters. The lowest BCUT2D eigenvalue weighted by Crippen LogP contribution is -2.33. The highest BCUT2D eigenvalue weighted by molar-refractivity contribution is 9.10. The molecule has 0 fully saturated rings. The van der Waals surface area contributed by atoms with Crippen molar-refractivity contribution in [2.75, 3.05) is 18.5 Å². The maximum Gasteiger partial charge on any atom is 0.143 e. The van der Waals surface area contributed by atoms with E-state index in [-0.39, 0.29) is 11.8 Å². The van der Waals surface area contributed by atoms with E-state index in [9.17, 15) is 0 Å². The Morgan fingerprint density at radius 2 is 2.35 bits per heavy atom. The fraction of sp³-hybridized carbons (Fsp3) is 0.455. The number of halogens is 1. The molecule has 0 radical (unpaired) electrons. The number of anilines is 1. The van der Waals surface area contributed by atoms with Crippen LogP contribution < -0.4 is 10.6 Å². The predicted molar refractivity (Wildman–Crippen MR) is 72.5 cm³/mol. The van der Waals surface area contributed by atoms with E-state index in [0.29, 0.717) is 6.54 Å². The third-order valence-corrected chi connectivity index (χ3v) is 3.07. The van der Waals surface area contributed by atoms with Crippen LogP contribution in [0.15, 0.2) is 21.9 Å². The highest BCUT2D eigenvalue weighted by Gasteiger charge is 2.14. The molecule has 0 aliphatic carbocycles. The summed E-state index contributed by atoms with van der Waals surface area (Å²) < 4.78 is 0.937. The number of rotatable bonds is 4. The van der Waals surface area contributed by atoms with Gasteiger partial charge in [0.2, 0.25) is 0 Å². The number of hydrogen-bond acceptors (Lipinski definition) is 4. The second-order valence-electron chi connectivity index (χ2n) is 4.12. The second-order valence-corrected chi connectivity index (χ2v) is 4.98. The van der Waals surface area contributed by atoms with Crippen LogP contribution in [0.1, 0.15) is 12.5 Å². The molecule has 0 bridgehead atoms. The van der Waals surface area contributed by atoms with Gasteiger partial charge in [0.15, 0.2) is 0 Å². The number of aryl methyl sites for hydroxylation is 1. The summed E-state index contributed by atoms with van der Waals surface area (Å²) in [5, 5.41) is 11.6. The summed E-state index contributed by atoms with van der Waals surface area (Å²) in [6.07, 6.45) is 1.81. The minimum Gasteiger partial charge on any atom is -0.409 e. The highest BCUT2D eigenvalue weighted by atomic mass is 79.9. The third-order valence-electron chi connectivity index (χ3n) is 2.49. The van der Waals surface area contributed by atoms with Crippen molar-refractivity contribution in [3.8, 4) is 0 Å². The average molecular weight is 301 g/mol. The van der Waals surface area contributed by atoms with E-state index in [2.05, 4.69) is 26.1 Å². The summed E-state index contributed by atoms with van der Waals surface area (Å²) in [5.41, 5.74) is 6.64. The van der Waals surface area contributed by atoms with Crippen molar-refractivity contribution < 1.29 is 5.21 Å². The predicted octanol–water partition coefficient (Wildman–Crippen LogP) is 1.97. The largest absolute Gasteiger partial charge is 0.409 e. The molecular formula is C11H17BrN4O. The maximum absolute atomic E-state index is 8.60. The Balaban J connectivity index is 2.79. The van der Waals surface area contributed by atoms with Gasteiger partial charge in [0.1, 0.15) is 11.7 Å². The zero-order valence-corrected chi connectivity index (χ0v) is 11.8. The Morgan fingerprint density at radius 1 is 1.71 bits per heavy atom. The van der Waals surface area contributed by atoms with Gasteiger partial charge in [-0.25, -0.2) is 4.98 Å². The number of nitrogens with zero attached hydrogens (tertiary/aromatic N) is 3. The van der Waals surface area contributed by atoms with Gasteiger partial charge in [-0.2, -0.15) is 0 Å². The molecule has 0 saturated heterocycles. The molecule has 0 aliphatic heterocycles. The van der Waals surface area contributed by atoms with E-state index >= 15 is 0 Å². The number of aromatic nitrogens is 1. The van der Waals surface area contributed by atoms with Gasteiger partial charge in [0, 0.05) is 25.7 Å². The molecule has 94 valence electrons.